The summed E-state index contributed by atoms with van der Waals surface area (Å²) in [5.41, 5.74) is 5.56. The number of benzene rings is 3. The summed E-state index contributed by atoms with van der Waals surface area (Å²) < 4.78 is 0. The van der Waals surface area contributed by atoms with Crippen LogP contribution in [0.25, 0.3) is 22.4 Å². The molecule has 0 aliphatic rings. The zero-order valence-electron chi connectivity index (χ0n) is 18.7. The molecule has 4 aromatic rings. The quantitative estimate of drug-likeness (QED) is 0.291. The molecule has 0 spiro atoms. The zero-order chi connectivity index (χ0) is 24.1. The number of aromatic nitrogens is 1. The number of anilines is 1. The first-order chi connectivity index (χ1) is 16.4. The second-order valence-electron chi connectivity index (χ2n) is 7.84. The molecule has 0 saturated carbocycles. The predicted molar refractivity (Wildman–Crippen MR) is 140 cm³/mol. The minimum atomic E-state index is -0.468. The molecular weight excluding hydrogens is 462 g/mol. The van der Waals surface area contributed by atoms with Gasteiger partial charge in [0, 0.05) is 21.8 Å². The normalized spacial score (nSPS) is 11.5. The van der Waals surface area contributed by atoms with Crippen molar-refractivity contribution in [2.24, 2.45) is 0 Å². The average molecular weight is 484 g/mol. The van der Waals surface area contributed by atoms with E-state index < -0.39 is 5.25 Å². The Balaban J connectivity index is 1.72. The molecule has 0 unspecified atom stereocenters. The SMILES string of the molecule is Cc1ccc(NC(=O)[C@H](C)Sc2nc(-c3ccccc3)cc(-c3ccc(Cl)cc3)c2C#N)cc1. The maximum absolute atomic E-state index is 12.9. The molecule has 4 rings (SSSR count). The Morgan fingerprint density at radius 2 is 1.68 bits per heavy atom. The number of amides is 1. The van der Waals surface area contributed by atoms with Crippen molar-refractivity contribution in [3.8, 4) is 28.5 Å². The van der Waals surface area contributed by atoms with Gasteiger partial charge in [-0.3, -0.25) is 4.79 Å². The lowest BCUT2D eigenvalue weighted by molar-refractivity contribution is -0.115. The van der Waals surface area contributed by atoms with Crippen molar-refractivity contribution < 1.29 is 4.79 Å². The van der Waals surface area contributed by atoms with Gasteiger partial charge in [-0.1, -0.05) is 83.5 Å². The number of nitrogens with one attached hydrogen (secondary N) is 1. The Bertz CT molecular complexity index is 1350. The molecule has 3 aromatic carbocycles. The largest absolute Gasteiger partial charge is 0.325 e. The molecule has 1 amide bonds. The van der Waals surface area contributed by atoms with Crippen molar-refractivity contribution in [2.75, 3.05) is 5.32 Å². The number of nitriles is 1. The van der Waals surface area contributed by atoms with E-state index in [0.29, 0.717) is 15.6 Å². The smallest absolute Gasteiger partial charge is 0.237 e. The Hall–Kier alpha value is -3.59. The fourth-order valence-corrected chi connectivity index (χ4v) is 4.48. The van der Waals surface area contributed by atoms with Gasteiger partial charge in [0.05, 0.1) is 16.5 Å². The number of aryl methyl sites for hydroxylation is 1. The first-order valence-corrected chi connectivity index (χ1v) is 12.0. The number of rotatable bonds is 6. The summed E-state index contributed by atoms with van der Waals surface area (Å²) in [6, 6.07) is 29.0. The van der Waals surface area contributed by atoms with Gasteiger partial charge < -0.3 is 5.32 Å². The molecule has 6 heteroatoms. The van der Waals surface area contributed by atoms with E-state index in [0.717, 1.165) is 33.6 Å². The van der Waals surface area contributed by atoms with E-state index in [1.165, 1.54) is 11.8 Å². The predicted octanol–water partition coefficient (Wildman–Crippen LogP) is 7.37. The van der Waals surface area contributed by atoms with Crippen LogP contribution in [0.4, 0.5) is 5.69 Å². The summed E-state index contributed by atoms with van der Waals surface area (Å²) in [5.74, 6) is -0.155. The van der Waals surface area contributed by atoms with Crippen LogP contribution >= 0.6 is 23.4 Å². The van der Waals surface area contributed by atoms with Crippen LogP contribution in [0.5, 0.6) is 0 Å². The first-order valence-electron chi connectivity index (χ1n) is 10.8. The number of thioether (sulfide) groups is 1. The number of carbonyl (C=O) groups is 1. The van der Waals surface area contributed by atoms with Gasteiger partial charge in [-0.2, -0.15) is 5.26 Å². The van der Waals surface area contributed by atoms with Gasteiger partial charge in [0.15, 0.2) is 0 Å². The molecule has 168 valence electrons. The second-order valence-corrected chi connectivity index (χ2v) is 9.60. The molecular formula is C28H22ClN3OS. The van der Waals surface area contributed by atoms with E-state index in [4.69, 9.17) is 16.6 Å². The summed E-state index contributed by atoms with van der Waals surface area (Å²) in [7, 11) is 0. The van der Waals surface area contributed by atoms with Crippen molar-refractivity contribution in [3.63, 3.8) is 0 Å². The standard InChI is InChI=1S/C28H22ClN3OS/c1-18-8-14-23(15-9-18)31-27(33)19(2)34-28-25(17-30)24(20-10-12-22(29)13-11-20)16-26(32-28)21-6-4-3-5-7-21/h3-16,19H,1-2H3,(H,31,33)/t19-/m0/s1. The van der Waals surface area contributed by atoms with Crippen molar-refractivity contribution in [3.05, 3.63) is 101 Å². The number of hydrogen-bond donors (Lipinski definition) is 1. The van der Waals surface area contributed by atoms with Crippen LogP contribution < -0.4 is 5.32 Å². The van der Waals surface area contributed by atoms with Crippen LogP contribution in [-0.2, 0) is 4.79 Å². The third-order valence-corrected chi connectivity index (χ3v) is 6.64. The number of carbonyl (C=O) groups excluding carboxylic acids is 1. The maximum Gasteiger partial charge on any atom is 0.237 e. The van der Waals surface area contributed by atoms with Crippen LogP contribution in [0.3, 0.4) is 0 Å². The van der Waals surface area contributed by atoms with Crippen LogP contribution in [-0.4, -0.2) is 16.1 Å². The lowest BCUT2D eigenvalue weighted by Gasteiger charge is -2.16. The third kappa shape index (κ3) is 5.48. The maximum atomic E-state index is 12.9. The Morgan fingerprint density at radius 3 is 2.32 bits per heavy atom. The van der Waals surface area contributed by atoms with Crippen LogP contribution in [0, 0.1) is 18.3 Å². The number of nitrogens with zero attached hydrogens (tertiary/aromatic N) is 2. The van der Waals surface area contributed by atoms with Gasteiger partial charge in [-0.15, -0.1) is 0 Å². The minimum Gasteiger partial charge on any atom is -0.325 e. The van der Waals surface area contributed by atoms with Gasteiger partial charge in [0.25, 0.3) is 0 Å². The number of hydrogen-bond acceptors (Lipinski definition) is 4. The molecule has 0 fully saturated rings. The molecule has 1 N–H and O–H groups in total. The molecule has 0 aliphatic heterocycles. The summed E-state index contributed by atoms with van der Waals surface area (Å²) in [6.45, 7) is 3.81. The molecule has 0 saturated heterocycles. The molecule has 0 aliphatic carbocycles. The second kappa shape index (κ2) is 10.6. The van der Waals surface area contributed by atoms with Gasteiger partial charge >= 0.3 is 0 Å². The number of pyridine rings is 1. The van der Waals surface area contributed by atoms with Crippen molar-refractivity contribution in [2.45, 2.75) is 24.1 Å². The van der Waals surface area contributed by atoms with Gasteiger partial charge in [-0.25, -0.2) is 4.98 Å². The highest BCUT2D eigenvalue weighted by atomic mass is 35.5. The molecule has 34 heavy (non-hydrogen) atoms. The van der Waals surface area contributed by atoms with Crippen LogP contribution in [0.1, 0.15) is 18.1 Å². The van der Waals surface area contributed by atoms with E-state index in [1.54, 1.807) is 12.1 Å². The monoisotopic (exact) mass is 483 g/mol. The lowest BCUT2D eigenvalue weighted by Crippen LogP contribution is -2.22. The summed E-state index contributed by atoms with van der Waals surface area (Å²) in [6.07, 6.45) is 0. The summed E-state index contributed by atoms with van der Waals surface area (Å²) in [5, 5.41) is 13.7. The highest BCUT2D eigenvalue weighted by molar-refractivity contribution is 8.00. The van der Waals surface area contributed by atoms with E-state index in [2.05, 4.69) is 11.4 Å². The average Bonchev–Trinajstić information content (AvgIpc) is 2.86. The lowest BCUT2D eigenvalue weighted by atomic mass is 9.99. The van der Waals surface area contributed by atoms with Gasteiger partial charge in [-0.05, 0) is 49.7 Å². The highest BCUT2D eigenvalue weighted by Crippen LogP contribution is 2.36. The molecule has 1 heterocycles. The van der Waals surface area contributed by atoms with Crippen molar-refractivity contribution >= 4 is 35.0 Å². The van der Waals surface area contributed by atoms with E-state index >= 15 is 0 Å². The van der Waals surface area contributed by atoms with Gasteiger partial charge in [0.1, 0.15) is 11.1 Å². The Labute approximate surface area is 208 Å². The minimum absolute atomic E-state index is 0.155. The fourth-order valence-electron chi connectivity index (χ4n) is 3.43. The Morgan fingerprint density at radius 1 is 1.00 bits per heavy atom. The third-order valence-electron chi connectivity index (χ3n) is 5.30. The van der Waals surface area contributed by atoms with E-state index in [9.17, 15) is 10.1 Å². The molecule has 1 atom stereocenters. The first kappa shape index (κ1) is 23.6. The Kier molecular flexibility index (Phi) is 7.32. The van der Waals surface area contributed by atoms with Crippen molar-refractivity contribution in [1.82, 2.24) is 4.98 Å². The molecule has 0 radical (unpaired) electrons. The fraction of sp³-hybridized carbons (Fsp3) is 0.107. The summed E-state index contributed by atoms with van der Waals surface area (Å²) >= 11 is 7.36. The van der Waals surface area contributed by atoms with E-state index in [-0.39, 0.29) is 5.91 Å². The van der Waals surface area contributed by atoms with Gasteiger partial charge in [0.2, 0.25) is 5.91 Å². The molecule has 0 bridgehead atoms. The van der Waals surface area contributed by atoms with Crippen LogP contribution in [0.2, 0.25) is 5.02 Å². The van der Waals surface area contributed by atoms with Crippen LogP contribution in [0.15, 0.2) is 90.0 Å². The highest BCUT2D eigenvalue weighted by Gasteiger charge is 2.21. The summed E-state index contributed by atoms with van der Waals surface area (Å²) in [4.78, 5) is 17.7. The van der Waals surface area contributed by atoms with E-state index in [1.807, 2.05) is 86.6 Å². The topological polar surface area (TPSA) is 65.8 Å². The molecule has 4 nitrogen and oxygen atoms in total. The molecule has 1 aromatic heterocycles. The van der Waals surface area contributed by atoms with Crippen molar-refractivity contribution in [1.29, 1.82) is 5.26 Å². The zero-order valence-corrected chi connectivity index (χ0v) is 20.3. The number of halogens is 1.